The van der Waals surface area contributed by atoms with Crippen LogP contribution >= 0.6 is 0 Å². The maximum absolute atomic E-state index is 12.7. The van der Waals surface area contributed by atoms with Crippen LogP contribution in [0.4, 0.5) is 0 Å². The molecule has 0 aliphatic carbocycles. The number of carbonyl (C=O) groups excluding carboxylic acids is 3. The first-order chi connectivity index (χ1) is 29.0. The van der Waals surface area contributed by atoms with Gasteiger partial charge in [-0.25, -0.2) is 0 Å². The van der Waals surface area contributed by atoms with Gasteiger partial charge in [-0.15, -0.1) is 0 Å². The third-order valence-electron chi connectivity index (χ3n) is 10.5. The van der Waals surface area contributed by atoms with E-state index < -0.39 is 6.10 Å². The van der Waals surface area contributed by atoms with Crippen molar-refractivity contribution in [3.63, 3.8) is 0 Å². The van der Waals surface area contributed by atoms with E-state index in [4.69, 9.17) is 14.2 Å². The van der Waals surface area contributed by atoms with Gasteiger partial charge in [0.05, 0.1) is 0 Å². The van der Waals surface area contributed by atoms with E-state index in [9.17, 15) is 14.4 Å². The molecule has 0 bridgehead atoms. The van der Waals surface area contributed by atoms with Gasteiger partial charge in [-0.2, -0.15) is 0 Å². The Bertz CT molecular complexity index is 1090. The van der Waals surface area contributed by atoms with Crippen LogP contribution in [0.25, 0.3) is 0 Å². The fraction of sp³-hybridized carbons (Fsp3) is 0.755. The summed E-state index contributed by atoms with van der Waals surface area (Å²) in [6.07, 6.45) is 58.0. The lowest BCUT2D eigenvalue weighted by Gasteiger charge is -2.18. The van der Waals surface area contributed by atoms with Crippen molar-refractivity contribution in [1.82, 2.24) is 0 Å². The maximum Gasteiger partial charge on any atom is 0.306 e. The predicted molar refractivity (Wildman–Crippen MR) is 251 cm³/mol. The highest BCUT2D eigenvalue weighted by Crippen LogP contribution is 2.14. The van der Waals surface area contributed by atoms with Gasteiger partial charge < -0.3 is 14.2 Å². The topological polar surface area (TPSA) is 78.9 Å². The Hall–Kier alpha value is -2.89. The fourth-order valence-electron chi connectivity index (χ4n) is 6.78. The Morgan fingerprint density at radius 1 is 0.356 bits per heavy atom. The lowest BCUT2D eigenvalue weighted by molar-refractivity contribution is -0.167. The van der Waals surface area contributed by atoms with Crippen molar-refractivity contribution in [2.45, 2.75) is 245 Å². The molecule has 0 aromatic carbocycles. The average molecular weight is 825 g/mol. The highest BCUT2D eigenvalue weighted by molar-refractivity contribution is 5.71. The van der Waals surface area contributed by atoms with Crippen LogP contribution in [0.2, 0.25) is 0 Å². The van der Waals surface area contributed by atoms with E-state index in [-0.39, 0.29) is 31.1 Å². The van der Waals surface area contributed by atoms with Crippen molar-refractivity contribution < 1.29 is 28.6 Å². The molecule has 0 aromatic rings. The molecular weight excluding hydrogens is 733 g/mol. The van der Waals surface area contributed by atoms with Crippen molar-refractivity contribution in [3.8, 4) is 0 Å². The quantitative estimate of drug-likeness (QED) is 0.0263. The molecule has 1 unspecified atom stereocenters. The second-order valence-electron chi connectivity index (χ2n) is 16.3. The highest BCUT2D eigenvalue weighted by Gasteiger charge is 2.19. The normalized spacial score (nSPS) is 12.5. The zero-order chi connectivity index (χ0) is 43.0. The molecule has 1 atom stereocenters. The summed E-state index contributed by atoms with van der Waals surface area (Å²) < 4.78 is 16.7. The summed E-state index contributed by atoms with van der Waals surface area (Å²) in [5.41, 5.74) is 0. The zero-order valence-electron chi connectivity index (χ0n) is 38.8. The molecule has 0 aliphatic rings. The smallest absolute Gasteiger partial charge is 0.306 e. The summed E-state index contributed by atoms with van der Waals surface area (Å²) in [5.74, 6) is -0.905. The molecular formula is C53H92O6. The molecule has 59 heavy (non-hydrogen) atoms. The van der Waals surface area contributed by atoms with E-state index in [0.717, 1.165) is 103 Å². The minimum atomic E-state index is -0.777. The Morgan fingerprint density at radius 2 is 0.661 bits per heavy atom. The first kappa shape index (κ1) is 56.1. The molecule has 0 saturated carbocycles. The molecule has 0 fully saturated rings. The first-order valence-corrected chi connectivity index (χ1v) is 24.8. The molecule has 0 saturated heterocycles. The number of hydrogen-bond donors (Lipinski definition) is 0. The van der Waals surface area contributed by atoms with Crippen LogP contribution in [0.1, 0.15) is 239 Å². The van der Waals surface area contributed by atoms with E-state index in [0.29, 0.717) is 19.3 Å². The molecule has 6 heteroatoms. The summed E-state index contributed by atoms with van der Waals surface area (Å²) in [7, 11) is 0. The van der Waals surface area contributed by atoms with Gasteiger partial charge in [-0.3, -0.25) is 14.4 Å². The van der Waals surface area contributed by atoms with Gasteiger partial charge in [0.2, 0.25) is 0 Å². The van der Waals surface area contributed by atoms with Crippen molar-refractivity contribution in [2.75, 3.05) is 13.2 Å². The molecule has 0 heterocycles. The third-order valence-corrected chi connectivity index (χ3v) is 10.5. The molecule has 0 N–H and O–H groups in total. The molecule has 0 spiro atoms. The monoisotopic (exact) mass is 825 g/mol. The summed E-state index contributed by atoms with van der Waals surface area (Å²) in [6, 6.07) is 0. The minimum absolute atomic E-state index is 0.0800. The molecule has 0 aromatic heterocycles. The van der Waals surface area contributed by atoms with Crippen LogP contribution in [0, 0.1) is 0 Å². The van der Waals surface area contributed by atoms with Gasteiger partial charge in [-0.1, -0.05) is 197 Å². The SMILES string of the molecule is CC/C=C\C/C=C\C/C=C\C/C=C\CCCCCCCCCCC(=O)OCC(COC(=O)CCCCCCCC)OC(=O)CCCCCCC/C=C\CCCCCCC. The predicted octanol–water partition coefficient (Wildman–Crippen LogP) is 16.1. The zero-order valence-corrected chi connectivity index (χ0v) is 38.8. The summed E-state index contributed by atoms with van der Waals surface area (Å²) in [5, 5.41) is 0. The summed E-state index contributed by atoms with van der Waals surface area (Å²) in [6.45, 7) is 6.44. The van der Waals surface area contributed by atoms with Gasteiger partial charge in [0.25, 0.3) is 0 Å². The number of allylic oxidation sites excluding steroid dienone is 10. The van der Waals surface area contributed by atoms with Gasteiger partial charge >= 0.3 is 17.9 Å². The standard InChI is InChI=1S/C53H92O6/c1-4-7-10-13-16-18-20-22-24-25-26-27-28-29-30-32-33-35-37-40-43-46-52(55)58-49-50(48-57-51(54)45-42-39-15-12-9-6-3)59-53(56)47-44-41-38-36-34-31-23-21-19-17-14-11-8-5-2/h7,10,16,18,21-24,26-27,50H,4-6,8-9,11-15,17,19-20,25,28-49H2,1-3H3/b10-7-,18-16-,23-21-,24-22-,27-26-. The maximum atomic E-state index is 12.7. The average Bonchev–Trinajstić information content (AvgIpc) is 3.23. The van der Waals surface area contributed by atoms with Gasteiger partial charge in [0.1, 0.15) is 13.2 Å². The van der Waals surface area contributed by atoms with Crippen molar-refractivity contribution >= 4 is 17.9 Å². The molecule has 0 amide bonds. The van der Waals surface area contributed by atoms with Crippen molar-refractivity contribution in [3.05, 3.63) is 60.8 Å². The Labute approximate surface area is 364 Å². The third kappa shape index (κ3) is 46.0. The summed E-state index contributed by atoms with van der Waals surface area (Å²) in [4.78, 5) is 37.7. The number of hydrogen-bond acceptors (Lipinski definition) is 6. The van der Waals surface area contributed by atoms with Gasteiger partial charge in [0.15, 0.2) is 6.10 Å². The van der Waals surface area contributed by atoms with Crippen molar-refractivity contribution in [1.29, 1.82) is 0 Å². The largest absolute Gasteiger partial charge is 0.462 e. The summed E-state index contributed by atoms with van der Waals surface area (Å²) >= 11 is 0. The second kappa shape index (κ2) is 47.8. The van der Waals surface area contributed by atoms with Crippen LogP contribution in [0.5, 0.6) is 0 Å². The molecule has 340 valence electrons. The minimum Gasteiger partial charge on any atom is -0.462 e. The number of unbranched alkanes of at least 4 members (excludes halogenated alkanes) is 23. The van der Waals surface area contributed by atoms with E-state index >= 15 is 0 Å². The van der Waals surface area contributed by atoms with E-state index in [2.05, 4.69) is 81.5 Å². The van der Waals surface area contributed by atoms with Crippen LogP contribution in [-0.4, -0.2) is 37.2 Å². The van der Waals surface area contributed by atoms with E-state index in [1.807, 2.05) is 0 Å². The second-order valence-corrected chi connectivity index (χ2v) is 16.3. The number of carbonyl (C=O) groups is 3. The number of esters is 3. The molecule has 6 nitrogen and oxygen atoms in total. The van der Waals surface area contributed by atoms with Crippen LogP contribution in [0.15, 0.2) is 60.8 Å². The van der Waals surface area contributed by atoms with E-state index in [1.165, 1.54) is 96.3 Å². The van der Waals surface area contributed by atoms with Crippen LogP contribution in [0.3, 0.4) is 0 Å². The van der Waals surface area contributed by atoms with Gasteiger partial charge in [0, 0.05) is 19.3 Å². The van der Waals surface area contributed by atoms with Crippen molar-refractivity contribution in [2.24, 2.45) is 0 Å². The highest BCUT2D eigenvalue weighted by atomic mass is 16.6. The molecule has 0 aliphatic heterocycles. The van der Waals surface area contributed by atoms with Crippen LogP contribution < -0.4 is 0 Å². The lowest BCUT2D eigenvalue weighted by Crippen LogP contribution is -2.30. The Morgan fingerprint density at radius 3 is 1.05 bits per heavy atom. The first-order valence-electron chi connectivity index (χ1n) is 24.8. The Balaban J connectivity index is 4.22. The van der Waals surface area contributed by atoms with Gasteiger partial charge in [-0.05, 0) is 83.5 Å². The number of rotatable bonds is 44. The molecule has 0 radical (unpaired) electrons. The fourth-order valence-corrected chi connectivity index (χ4v) is 6.78. The number of ether oxygens (including phenoxy) is 3. The Kier molecular flexibility index (Phi) is 45.4. The molecule has 0 rings (SSSR count). The van der Waals surface area contributed by atoms with Crippen LogP contribution in [-0.2, 0) is 28.6 Å². The van der Waals surface area contributed by atoms with E-state index in [1.54, 1.807) is 0 Å². The lowest BCUT2D eigenvalue weighted by atomic mass is 10.1.